The largest absolute Gasteiger partial charge is 0.398 e. The first-order valence-electron chi connectivity index (χ1n) is 8.82. The number of thiophene rings is 1. The summed E-state index contributed by atoms with van der Waals surface area (Å²) in [6.45, 7) is -0.160. The van der Waals surface area contributed by atoms with Gasteiger partial charge in [-0.2, -0.15) is 13.2 Å². The molecule has 0 fully saturated rings. The number of hydrogen-bond acceptors (Lipinski definition) is 4. The van der Waals surface area contributed by atoms with E-state index in [-0.39, 0.29) is 45.0 Å². The molecule has 3 rings (SSSR count). The topological polar surface area (TPSA) is 63.4 Å². The summed E-state index contributed by atoms with van der Waals surface area (Å²) < 4.78 is 66.1. The number of sulfonamides is 1. The molecule has 0 aliphatic heterocycles. The standard InChI is InChI=1S/C19H17Cl2F3N2O2S2/c20-14-11-12(7-8-15(14)25)30(27,28)26(10-4-3-9-19(22,23)24)18-17(21)13-5-1-2-6-16(13)29-18/h1-2,5-8,11H,3-4,9-10,25H2. The van der Waals surface area contributed by atoms with Gasteiger partial charge >= 0.3 is 6.18 Å². The van der Waals surface area contributed by atoms with Crippen molar-refractivity contribution < 1.29 is 21.6 Å². The molecule has 4 nitrogen and oxygen atoms in total. The highest BCUT2D eigenvalue weighted by molar-refractivity contribution is 7.93. The Hall–Kier alpha value is -1.68. The minimum Gasteiger partial charge on any atom is -0.398 e. The first kappa shape index (κ1) is 23.0. The molecule has 0 amide bonds. The first-order valence-corrected chi connectivity index (χ1v) is 11.8. The molecule has 30 heavy (non-hydrogen) atoms. The van der Waals surface area contributed by atoms with Gasteiger partial charge in [-0.25, -0.2) is 8.42 Å². The van der Waals surface area contributed by atoms with Crippen LogP contribution in [0.2, 0.25) is 10.0 Å². The number of fused-ring (bicyclic) bond motifs is 1. The molecule has 0 aliphatic rings. The number of alkyl halides is 3. The Balaban J connectivity index is 2.02. The third kappa shape index (κ3) is 4.96. The lowest BCUT2D eigenvalue weighted by molar-refractivity contribution is -0.135. The number of halogens is 5. The predicted octanol–water partition coefficient (Wildman–Crippen LogP) is 6.72. The molecule has 1 aromatic heterocycles. The van der Waals surface area contributed by atoms with Crippen LogP contribution in [0.1, 0.15) is 19.3 Å². The van der Waals surface area contributed by atoms with Crippen LogP contribution in [0.4, 0.5) is 23.9 Å². The van der Waals surface area contributed by atoms with Gasteiger partial charge in [0.05, 0.1) is 20.6 Å². The molecule has 0 unspecified atom stereocenters. The molecule has 11 heteroatoms. The Morgan fingerprint density at radius 1 is 1.07 bits per heavy atom. The van der Waals surface area contributed by atoms with E-state index in [0.717, 1.165) is 20.3 Å². The summed E-state index contributed by atoms with van der Waals surface area (Å²) in [6.07, 6.45) is -5.50. The van der Waals surface area contributed by atoms with Gasteiger partial charge in [0.25, 0.3) is 10.0 Å². The van der Waals surface area contributed by atoms with Gasteiger partial charge in [0.2, 0.25) is 0 Å². The van der Waals surface area contributed by atoms with E-state index in [2.05, 4.69) is 0 Å². The van der Waals surface area contributed by atoms with Crippen molar-refractivity contribution in [3.05, 3.63) is 52.5 Å². The normalized spacial score (nSPS) is 12.4. The maximum atomic E-state index is 13.4. The van der Waals surface area contributed by atoms with Crippen molar-refractivity contribution in [1.29, 1.82) is 0 Å². The zero-order valence-corrected chi connectivity index (χ0v) is 18.6. The van der Waals surface area contributed by atoms with Gasteiger partial charge in [-0.3, -0.25) is 4.31 Å². The summed E-state index contributed by atoms with van der Waals surface area (Å²) in [5.74, 6) is 0. The molecular formula is C19H17Cl2F3N2O2S2. The summed E-state index contributed by atoms with van der Waals surface area (Å²) >= 11 is 13.6. The molecular weight excluding hydrogens is 480 g/mol. The smallest absolute Gasteiger partial charge is 0.389 e. The SMILES string of the molecule is Nc1ccc(S(=O)(=O)N(CCCCC(F)(F)F)c2sc3ccccc3c2Cl)cc1Cl. The molecule has 0 aliphatic carbocycles. The minimum atomic E-state index is -4.30. The van der Waals surface area contributed by atoms with Crippen LogP contribution in [0.3, 0.4) is 0 Å². The fraction of sp³-hybridized carbons (Fsp3) is 0.263. The Morgan fingerprint density at radius 2 is 1.77 bits per heavy atom. The number of hydrogen-bond donors (Lipinski definition) is 1. The van der Waals surface area contributed by atoms with Crippen LogP contribution in [0.5, 0.6) is 0 Å². The van der Waals surface area contributed by atoms with Crippen molar-refractivity contribution in [1.82, 2.24) is 0 Å². The Labute approximate surface area is 186 Å². The predicted molar refractivity (Wildman–Crippen MR) is 117 cm³/mol. The maximum Gasteiger partial charge on any atom is 0.389 e. The number of unbranched alkanes of at least 4 members (excludes halogenated alkanes) is 1. The van der Waals surface area contributed by atoms with Crippen molar-refractivity contribution in [3.8, 4) is 0 Å². The zero-order valence-electron chi connectivity index (χ0n) is 15.4. The van der Waals surface area contributed by atoms with Crippen molar-refractivity contribution in [2.75, 3.05) is 16.6 Å². The summed E-state index contributed by atoms with van der Waals surface area (Å²) in [6, 6.07) is 11.0. The van der Waals surface area contributed by atoms with E-state index in [0.29, 0.717) is 5.39 Å². The average Bonchev–Trinajstić information content (AvgIpc) is 2.99. The van der Waals surface area contributed by atoms with Gasteiger partial charge < -0.3 is 5.73 Å². The highest BCUT2D eigenvalue weighted by atomic mass is 35.5. The van der Waals surface area contributed by atoms with Gasteiger partial charge in [0, 0.05) is 23.1 Å². The molecule has 3 aromatic rings. The molecule has 162 valence electrons. The van der Waals surface area contributed by atoms with Crippen molar-refractivity contribution >= 4 is 65.3 Å². The molecule has 0 spiro atoms. The van der Waals surface area contributed by atoms with Crippen molar-refractivity contribution in [2.45, 2.75) is 30.3 Å². The summed E-state index contributed by atoms with van der Waals surface area (Å²) in [4.78, 5) is -0.119. The molecule has 0 saturated heterocycles. The van der Waals surface area contributed by atoms with E-state index in [1.807, 2.05) is 0 Å². The Morgan fingerprint density at radius 3 is 2.40 bits per heavy atom. The van der Waals surface area contributed by atoms with E-state index in [1.54, 1.807) is 24.3 Å². The van der Waals surface area contributed by atoms with Crippen LogP contribution in [0, 0.1) is 0 Å². The maximum absolute atomic E-state index is 13.4. The zero-order chi connectivity index (χ0) is 22.1. The van der Waals surface area contributed by atoms with Crippen LogP contribution in [-0.2, 0) is 10.0 Å². The van der Waals surface area contributed by atoms with Crippen LogP contribution in [-0.4, -0.2) is 21.1 Å². The van der Waals surface area contributed by atoms with Gasteiger partial charge in [0.15, 0.2) is 0 Å². The number of nitrogen functional groups attached to an aromatic ring is 1. The molecule has 1 heterocycles. The van der Waals surface area contributed by atoms with Crippen molar-refractivity contribution in [3.63, 3.8) is 0 Å². The lowest BCUT2D eigenvalue weighted by Gasteiger charge is -2.24. The molecule has 2 aromatic carbocycles. The van der Waals surface area contributed by atoms with E-state index < -0.39 is 22.6 Å². The number of nitrogens with zero attached hydrogens (tertiary/aromatic N) is 1. The van der Waals surface area contributed by atoms with Crippen LogP contribution < -0.4 is 10.0 Å². The highest BCUT2D eigenvalue weighted by Crippen LogP contribution is 2.44. The second kappa shape index (κ2) is 8.82. The number of anilines is 2. The Bertz CT molecular complexity index is 1160. The van der Waals surface area contributed by atoms with Crippen LogP contribution in [0.15, 0.2) is 47.4 Å². The van der Waals surface area contributed by atoms with E-state index in [4.69, 9.17) is 28.9 Å². The fourth-order valence-electron chi connectivity index (χ4n) is 2.87. The van der Waals surface area contributed by atoms with Gasteiger partial charge in [-0.05, 0) is 37.1 Å². The second-order valence-electron chi connectivity index (χ2n) is 6.55. The number of benzene rings is 2. The van der Waals surface area contributed by atoms with Gasteiger partial charge in [-0.1, -0.05) is 41.4 Å². The molecule has 2 N–H and O–H groups in total. The molecule has 0 bridgehead atoms. The Kier molecular flexibility index (Phi) is 6.76. The fourth-order valence-corrected chi connectivity index (χ4v) is 6.48. The van der Waals surface area contributed by atoms with E-state index in [1.165, 1.54) is 18.2 Å². The highest BCUT2D eigenvalue weighted by Gasteiger charge is 2.30. The summed E-state index contributed by atoms with van der Waals surface area (Å²) in [5.41, 5.74) is 5.88. The van der Waals surface area contributed by atoms with Crippen LogP contribution in [0.25, 0.3) is 10.1 Å². The third-order valence-electron chi connectivity index (χ3n) is 4.38. The quantitative estimate of drug-likeness (QED) is 0.291. The number of nitrogens with two attached hydrogens (primary N) is 1. The first-order chi connectivity index (χ1) is 14.0. The van der Waals surface area contributed by atoms with Crippen LogP contribution >= 0.6 is 34.5 Å². The monoisotopic (exact) mass is 496 g/mol. The lowest BCUT2D eigenvalue weighted by Crippen LogP contribution is -2.31. The van der Waals surface area contributed by atoms with E-state index in [9.17, 15) is 21.6 Å². The van der Waals surface area contributed by atoms with Gasteiger partial charge in [-0.15, -0.1) is 11.3 Å². The molecule has 0 saturated carbocycles. The summed E-state index contributed by atoms with van der Waals surface area (Å²) in [7, 11) is -4.14. The van der Waals surface area contributed by atoms with Crippen molar-refractivity contribution in [2.24, 2.45) is 0 Å². The number of rotatable bonds is 7. The summed E-state index contributed by atoms with van der Waals surface area (Å²) in [5, 5.41) is 1.22. The molecule has 0 radical (unpaired) electrons. The van der Waals surface area contributed by atoms with E-state index >= 15 is 0 Å². The second-order valence-corrected chi connectivity index (χ2v) is 10.2. The third-order valence-corrected chi connectivity index (χ3v) is 8.30. The lowest BCUT2D eigenvalue weighted by atomic mass is 10.2. The average molecular weight is 497 g/mol. The minimum absolute atomic E-state index is 0.00597. The molecule has 0 atom stereocenters. The van der Waals surface area contributed by atoms with Gasteiger partial charge in [0.1, 0.15) is 5.00 Å².